The second kappa shape index (κ2) is 13.2. The van der Waals surface area contributed by atoms with Gasteiger partial charge in [0.25, 0.3) is 0 Å². The third-order valence-corrected chi connectivity index (χ3v) is 6.79. The summed E-state index contributed by atoms with van der Waals surface area (Å²) in [5.74, 6) is 1.18. The number of ether oxygens (including phenoxy) is 1. The van der Waals surface area contributed by atoms with Gasteiger partial charge >= 0.3 is 5.97 Å². The van der Waals surface area contributed by atoms with E-state index in [9.17, 15) is 4.79 Å². The summed E-state index contributed by atoms with van der Waals surface area (Å²) in [6.45, 7) is 2.27. The Morgan fingerprint density at radius 2 is 1.44 bits per heavy atom. The van der Waals surface area contributed by atoms with Crippen LogP contribution in [0.5, 0.6) is 0 Å². The molecule has 0 N–H and O–H groups in total. The van der Waals surface area contributed by atoms with Gasteiger partial charge in [0.2, 0.25) is 0 Å². The molecule has 0 aliphatic heterocycles. The normalized spacial score (nSPS) is 28.4. The summed E-state index contributed by atoms with van der Waals surface area (Å²) in [6.07, 6.45) is 20.5. The Balaban J connectivity index is 1.50. The summed E-state index contributed by atoms with van der Waals surface area (Å²) in [5.41, 5.74) is 0. The van der Waals surface area contributed by atoms with Crippen molar-refractivity contribution in [2.24, 2.45) is 17.8 Å². The maximum absolute atomic E-state index is 12.4. The number of esters is 1. The smallest absolute Gasteiger partial charge is 0.309 e. The quantitative estimate of drug-likeness (QED) is 0.290. The second-order valence-electron chi connectivity index (χ2n) is 9.02. The van der Waals surface area contributed by atoms with E-state index in [1.807, 2.05) is 0 Å². The van der Waals surface area contributed by atoms with E-state index in [-0.39, 0.29) is 23.9 Å². The Hall–Kier alpha value is -1.04. The highest BCUT2D eigenvalue weighted by Gasteiger charge is 2.30. The van der Waals surface area contributed by atoms with Gasteiger partial charge < -0.3 is 4.74 Å². The van der Waals surface area contributed by atoms with Gasteiger partial charge in [0.15, 0.2) is 0 Å². The molecule has 2 saturated carbocycles. The predicted octanol–water partition coefficient (Wildman–Crippen LogP) is 6.95. The third-order valence-electron chi connectivity index (χ3n) is 6.79. The van der Waals surface area contributed by atoms with Crippen LogP contribution in [-0.4, -0.2) is 12.1 Å². The van der Waals surface area contributed by atoms with E-state index >= 15 is 0 Å². The molecule has 0 spiro atoms. The minimum Gasteiger partial charge on any atom is -0.462 e. The van der Waals surface area contributed by atoms with Gasteiger partial charge in [-0.15, -0.1) is 0 Å². The van der Waals surface area contributed by atoms with Gasteiger partial charge in [-0.25, -0.2) is 0 Å². The van der Waals surface area contributed by atoms with E-state index in [0.717, 1.165) is 44.4 Å². The molecule has 0 radical (unpaired) electrons. The van der Waals surface area contributed by atoms with Crippen LogP contribution in [0.2, 0.25) is 0 Å². The van der Waals surface area contributed by atoms with Crippen molar-refractivity contribution in [3.05, 3.63) is 0 Å². The minimum atomic E-state index is 0.0425. The van der Waals surface area contributed by atoms with Gasteiger partial charge in [0.05, 0.1) is 12.0 Å². The van der Waals surface area contributed by atoms with Crippen LogP contribution in [0.25, 0.3) is 0 Å². The lowest BCUT2D eigenvalue weighted by atomic mass is 9.79. The summed E-state index contributed by atoms with van der Waals surface area (Å²) < 4.78 is 5.76. The van der Waals surface area contributed by atoms with Crippen LogP contribution in [0.15, 0.2) is 0 Å². The number of hydrogen-bond donors (Lipinski definition) is 0. The maximum atomic E-state index is 12.4. The predicted molar refractivity (Wildman–Crippen MR) is 110 cm³/mol. The summed E-state index contributed by atoms with van der Waals surface area (Å²) in [7, 11) is 0. The molecule has 0 heterocycles. The number of hydrogen-bond acceptors (Lipinski definition) is 3. The summed E-state index contributed by atoms with van der Waals surface area (Å²) >= 11 is 0. The first-order valence-corrected chi connectivity index (χ1v) is 11.8. The lowest BCUT2D eigenvalue weighted by Gasteiger charge is -2.30. The highest BCUT2D eigenvalue weighted by atomic mass is 16.5. The fraction of sp³-hybridized carbons (Fsp3) is 0.917. The molecule has 3 nitrogen and oxygen atoms in total. The van der Waals surface area contributed by atoms with E-state index in [4.69, 9.17) is 10.00 Å². The molecule has 0 saturated heterocycles. The van der Waals surface area contributed by atoms with Crippen molar-refractivity contribution in [3.63, 3.8) is 0 Å². The van der Waals surface area contributed by atoms with E-state index in [1.54, 1.807) is 0 Å². The molecule has 3 heteroatoms. The Kier molecular flexibility index (Phi) is 10.9. The van der Waals surface area contributed by atoms with Crippen LogP contribution in [-0.2, 0) is 9.53 Å². The molecule has 154 valence electrons. The monoisotopic (exact) mass is 375 g/mol. The molecule has 0 aromatic heterocycles. The van der Waals surface area contributed by atoms with Gasteiger partial charge in [-0.05, 0) is 57.3 Å². The molecule has 0 atom stereocenters. The topological polar surface area (TPSA) is 50.1 Å². The maximum Gasteiger partial charge on any atom is 0.309 e. The van der Waals surface area contributed by atoms with Crippen molar-refractivity contribution in [1.29, 1.82) is 5.26 Å². The summed E-state index contributed by atoms with van der Waals surface area (Å²) in [5, 5.41) is 8.97. The van der Waals surface area contributed by atoms with Crippen molar-refractivity contribution >= 4 is 5.97 Å². The van der Waals surface area contributed by atoms with Crippen molar-refractivity contribution in [2.75, 3.05) is 0 Å². The molecule has 0 aromatic carbocycles. The largest absolute Gasteiger partial charge is 0.462 e. The van der Waals surface area contributed by atoms with Crippen LogP contribution in [0, 0.1) is 29.1 Å². The zero-order valence-corrected chi connectivity index (χ0v) is 17.6. The molecule has 2 rings (SSSR count). The Labute approximate surface area is 167 Å². The number of carbonyl (C=O) groups excluding carboxylic acids is 1. The van der Waals surface area contributed by atoms with Crippen LogP contribution < -0.4 is 0 Å². The van der Waals surface area contributed by atoms with E-state index in [1.165, 1.54) is 70.6 Å². The second-order valence-corrected chi connectivity index (χ2v) is 9.02. The first kappa shape index (κ1) is 22.3. The molecular weight excluding hydrogens is 334 g/mol. The zero-order valence-electron chi connectivity index (χ0n) is 17.6. The van der Waals surface area contributed by atoms with Crippen LogP contribution in [0.3, 0.4) is 0 Å². The van der Waals surface area contributed by atoms with Gasteiger partial charge in [0, 0.05) is 5.92 Å². The van der Waals surface area contributed by atoms with E-state index in [0.29, 0.717) is 0 Å². The lowest BCUT2D eigenvalue weighted by molar-refractivity contribution is -0.157. The van der Waals surface area contributed by atoms with Crippen molar-refractivity contribution in [2.45, 2.75) is 122 Å². The Bertz CT molecular complexity index is 440. The van der Waals surface area contributed by atoms with Crippen molar-refractivity contribution in [3.8, 4) is 6.07 Å². The Morgan fingerprint density at radius 1 is 0.852 bits per heavy atom. The third kappa shape index (κ3) is 8.67. The number of rotatable bonds is 11. The first-order valence-electron chi connectivity index (χ1n) is 11.8. The number of nitriles is 1. The molecule has 0 aromatic rings. The van der Waals surface area contributed by atoms with Crippen LogP contribution >= 0.6 is 0 Å². The highest BCUT2D eigenvalue weighted by molar-refractivity contribution is 5.72. The number of carbonyl (C=O) groups is 1. The molecule has 0 unspecified atom stereocenters. The molecule has 2 fully saturated rings. The average Bonchev–Trinajstić information content (AvgIpc) is 2.71. The molecule has 0 bridgehead atoms. The highest BCUT2D eigenvalue weighted by Crippen LogP contribution is 2.34. The average molecular weight is 376 g/mol. The Morgan fingerprint density at radius 3 is 2.04 bits per heavy atom. The fourth-order valence-electron chi connectivity index (χ4n) is 4.82. The molecule has 0 amide bonds. The van der Waals surface area contributed by atoms with Crippen molar-refractivity contribution < 1.29 is 9.53 Å². The van der Waals surface area contributed by atoms with E-state index < -0.39 is 0 Å². The molecule has 2 aliphatic carbocycles. The number of nitrogens with zero attached hydrogens (tertiary/aromatic N) is 1. The lowest BCUT2D eigenvalue weighted by Crippen LogP contribution is -2.30. The first-order chi connectivity index (χ1) is 13.2. The minimum absolute atomic E-state index is 0.0425. The van der Waals surface area contributed by atoms with Gasteiger partial charge in [-0.1, -0.05) is 64.7 Å². The SMILES string of the molecule is CCCCCCCCCCC1CCC(C(=O)OC2CCC(C#N)CC2)CC1. The fourth-order valence-corrected chi connectivity index (χ4v) is 4.82. The zero-order chi connectivity index (χ0) is 19.3. The van der Waals surface area contributed by atoms with Gasteiger partial charge in [-0.3, -0.25) is 4.79 Å². The summed E-state index contributed by atoms with van der Waals surface area (Å²) in [6, 6.07) is 2.34. The van der Waals surface area contributed by atoms with Crippen LogP contribution in [0.4, 0.5) is 0 Å². The van der Waals surface area contributed by atoms with E-state index in [2.05, 4.69) is 13.0 Å². The van der Waals surface area contributed by atoms with Crippen LogP contribution in [0.1, 0.15) is 116 Å². The summed E-state index contributed by atoms with van der Waals surface area (Å²) in [4.78, 5) is 12.4. The molecule has 2 aliphatic rings. The van der Waals surface area contributed by atoms with Gasteiger partial charge in [-0.2, -0.15) is 5.26 Å². The van der Waals surface area contributed by atoms with Gasteiger partial charge in [0.1, 0.15) is 6.10 Å². The standard InChI is InChI=1S/C24H41NO2/c1-2-3-4-5-6-7-8-9-10-20-11-15-22(16-12-20)24(26)27-23-17-13-21(19-25)14-18-23/h20-23H,2-18H2,1H3. The molecule has 27 heavy (non-hydrogen) atoms. The number of unbranched alkanes of at least 4 members (excludes halogenated alkanes) is 7. The van der Waals surface area contributed by atoms with Crippen molar-refractivity contribution in [1.82, 2.24) is 0 Å². The molecular formula is C24H41NO2.